The number of carbonyl (C=O) groups excluding carboxylic acids is 3. The van der Waals surface area contributed by atoms with Gasteiger partial charge in [-0.1, -0.05) is 42.5 Å². The second-order valence-electron chi connectivity index (χ2n) is 6.15. The smallest absolute Gasteiger partial charge is 0.355 e. The molecule has 30 heavy (non-hydrogen) atoms. The molecule has 3 rings (SSSR count). The summed E-state index contributed by atoms with van der Waals surface area (Å²) in [5, 5.41) is 0. The van der Waals surface area contributed by atoms with Gasteiger partial charge in [0.05, 0.1) is 25.5 Å². The van der Waals surface area contributed by atoms with Crippen LogP contribution in [0.3, 0.4) is 0 Å². The highest BCUT2D eigenvalue weighted by Crippen LogP contribution is 2.33. The minimum Gasteiger partial charge on any atom is -0.465 e. The summed E-state index contributed by atoms with van der Waals surface area (Å²) in [4.78, 5) is 39.1. The molecule has 1 aliphatic rings. The van der Waals surface area contributed by atoms with E-state index < -0.39 is 23.5 Å². The lowest BCUT2D eigenvalue weighted by Crippen LogP contribution is -2.29. The molecule has 0 spiro atoms. The molecule has 0 radical (unpaired) electrons. The first-order chi connectivity index (χ1) is 14.5. The van der Waals surface area contributed by atoms with Crippen LogP contribution in [-0.4, -0.2) is 31.9 Å². The third-order valence-corrected chi connectivity index (χ3v) is 4.40. The number of hydrogen-bond donors (Lipinski definition) is 0. The number of nitrogens with zero attached hydrogens (tertiary/aromatic N) is 1. The Bertz CT molecular complexity index is 1090. The minimum absolute atomic E-state index is 0.0124. The van der Waals surface area contributed by atoms with Crippen molar-refractivity contribution in [2.24, 2.45) is 0 Å². The molecule has 0 amide bonds. The standard InChI is InChI=1S/C23H18FNO5/c1-29-22(27)17-11-6-7-14-25(20(17)23(28)30-2)19-16(12-8-13-18(19)24)21(26)15-9-4-3-5-10-15/h3-14H,1-2H3. The van der Waals surface area contributed by atoms with Crippen molar-refractivity contribution in [1.82, 2.24) is 0 Å². The number of ether oxygens (including phenoxy) is 2. The van der Waals surface area contributed by atoms with Crippen molar-refractivity contribution in [3.05, 3.63) is 101 Å². The van der Waals surface area contributed by atoms with Crippen LogP contribution >= 0.6 is 0 Å². The predicted molar refractivity (Wildman–Crippen MR) is 108 cm³/mol. The van der Waals surface area contributed by atoms with Gasteiger partial charge in [0, 0.05) is 17.3 Å². The van der Waals surface area contributed by atoms with Crippen molar-refractivity contribution in [3.63, 3.8) is 0 Å². The van der Waals surface area contributed by atoms with Crippen LogP contribution in [0.2, 0.25) is 0 Å². The van der Waals surface area contributed by atoms with Gasteiger partial charge >= 0.3 is 11.9 Å². The average molecular weight is 407 g/mol. The van der Waals surface area contributed by atoms with Crippen LogP contribution in [0.15, 0.2) is 84.2 Å². The zero-order valence-corrected chi connectivity index (χ0v) is 16.3. The van der Waals surface area contributed by atoms with E-state index >= 15 is 4.39 Å². The Morgan fingerprint density at radius 3 is 2.23 bits per heavy atom. The Hall–Kier alpha value is -4.00. The Morgan fingerprint density at radius 1 is 0.867 bits per heavy atom. The molecule has 0 bridgehead atoms. The number of para-hydroxylation sites is 1. The summed E-state index contributed by atoms with van der Waals surface area (Å²) in [5.74, 6) is -2.91. The second-order valence-corrected chi connectivity index (χ2v) is 6.15. The number of carbonyl (C=O) groups is 3. The van der Waals surface area contributed by atoms with E-state index in [1.807, 2.05) is 0 Å². The van der Waals surface area contributed by atoms with E-state index in [9.17, 15) is 14.4 Å². The Balaban J connectivity index is 2.26. The molecule has 0 atom stereocenters. The van der Waals surface area contributed by atoms with Crippen molar-refractivity contribution < 1.29 is 28.2 Å². The van der Waals surface area contributed by atoms with E-state index in [0.717, 1.165) is 25.2 Å². The number of allylic oxidation sites excluding steroid dienone is 2. The minimum atomic E-state index is -0.895. The van der Waals surface area contributed by atoms with Gasteiger partial charge in [0.25, 0.3) is 0 Å². The predicted octanol–water partition coefficient (Wildman–Crippen LogP) is 3.55. The highest BCUT2D eigenvalue weighted by molar-refractivity contribution is 6.14. The van der Waals surface area contributed by atoms with Gasteiger partial charge in [-0.3, -0.25) is 4.79 Å². The number of esters is 2. The van der Waals surface area contributed by atoms with E-state index in [1.165, 1.54) is 36.6 Å². The van der Waals surface area contributed by atoms with Crippen LogP contribution in [0.4, 0.5) is 10.1 Å². The van der Waals surface area contributed by atoms with Gasteiger partial charge in [-0.2, -0.15) is 0 Å². The van der Waals surface area contributed by atoms with Gasteiger partial charge in [0.15, 0.2) is 5.78 Å². The number of anilines is 1. The zero-order valence-electron chi connectivity index (χ0n) is 16.3. The van der Waals surface area contributed by atoms with Crippen LogP contribution in [0, 0.1) is 5.82 Å². The molecule has 0 aromatic heterocycles. The molecular formula is C23H18FNO5. The van der Waals surface area contributed by atoms with Crippen LogP contribution < -0.4 is 4.90 Å². The normalized spacial score (nSPS) is 13.1. The van der Waals surface area contributed by atoms with E-state index in [4.69, 9.17) is 9.47 Å². The van der Waals surface area contributed by atoms with Crippen LogP contribution in [-0.2, 0) is 19.1 Å². The molecule has 152 valence electrons. The summed E-state index contributed by atoms with van der Waals surface area (Å²) in [5.41, 5.74) is -0.248. The molecular weight excluding hydrogens is 389 g/mol. The van der Waals surface area contributed by atoms with Crippen molar-refractivity contribution in [3.8, 4) is 0 Å². The van der Waals surface area contributed by atoms with E-state index in [-0.39, 0.29) is 22.5 Å². The molecule has 0 saturated carbocycles. The fourth-order valence-corrected chi connectivity index (χ4v) is 3.03. The molecule has 7 heteroatoms. The zero-order chi connectivity index (χ0) is 21.7. The quantitative estimate of drug-likeness (QED) is 0.558. The summed E-state index contributed by atoms with van der Waals surface area (Å²) < 4.78 is 24.6. The largest absolute Gasteiger partial charge is 0.465 e. The number of methoxy groups -OCH3 is 2. The molecule has 0 unspecified atom stereocenters. The highest BCUT2D eigenvalue weighted by Gasteiger charge is 2.31. The molecule has 0 aliphatic carbocycles. The van der Waals surface area contributed by atoms with Gasteiger partial charge in [-0.15, -0.1) is 0 Å². The van der Waals surface area contributed by atoms with Crippen LogP contribution in [0.1, 0.15) is 15.9 Å². The van der Waals surface area contributed by atoms with Gasteiger partial charge < -0.3 is 14.4 Å². The molecule has 0 saturated heterocycles. The number of ketones is 1. The molecule has 2 aromatic rings. The van der Waals surface area contributed by atoms with E-state index in [2.05, 4.69) is 0 Å². The number of hydrogen-bond acceptors (Lipinski definition) is 6. The monoisotopic (exact) mass is 407 g/mol. The number of halogens is 1. The number of benzene rings is 2. The van der Waals surface area contributed by atoms with Gasteiger partial charge in [-0.25, -0.2) is 14.0 Å². The van der Waals surface area contributed by atoms with Crippen molar-refractivity contribution in [2.45, 2.75) is 0 Å². The number of rotatable bonds is 5. The fraction of sp³-hybridized carbons (Fsp3) is 0.0870. The summed E-state index contributed by atoms with van der Waals surface area (Å²) >= 11 is 0. The first-order valence-electron chi connectivity index (χ1n) is 8.92. The van der Waals surface area contributed by atoms with Gasteiger partial charge in [-0.05, 0) is 24.3 Å². The first-order valence-corrected chi connectivity index (χ1v) is 8.92. The lowest BCUT2D eigenvalue weighted by Gasteiger charge is -2.25. The van der Waals surface area contributed by atoms with Crippen molar-refractivity contribution in [2.75, 3.05) is 19.1 Å². The molecule has 2 aromatic carbocycles. The summed E-state index contributed by atoms with van der Waals surface area (Å²) in [6.07, 6.45) is 5.73. The Morgan fingerprint density at radius 2 is 1.57 bits per heavy atom. The van der Waals surface area contributed by atoms with E-state index in [1.54, 1.807) is 30.3 Å². The van der Waals surface area contributed by atoms with Gasteiger partial charge in [0.1, 0.15) is 11.5 Å². The maximum absolute atomic E-state index is 15.1. The molecule has 0 fully saturated rings. The third-order valence-electron chi connectivity index (χ3n) is 4.40. The molecule has 6 nitrogen and oxygen atoms in total. The summed E-state index contributed by atoms with van der Waals surface area (Å²) in [7, 11) is 2.30. The average Bonchev–Trinajstić information content (AvgIpc) is 3.00. The van der Waals surface area contributed by atoms with Crippen LogP contribution in [0.5, 0.6) is 0 Å². The molecule has 1 aliphatic heterocycles. The van der Waals surface area contributed by atoms with Crippen LogP contribution in [0.25, 0.3) is 0 Å². The summed E-state index contributed by atoms with van der Waals surface area (Å²) in [6.45, 7) is 0. The van der Waals surface area contributed by atoms with E-state index in [0.29, 0.717) is 5.56 Å². The lowest BCUT2D eigenvalue weighted by atomic mass is 10.00. The van der Waals surface area contributed by atoms with Gasteiger partial charge in [0.2, 0.25) is 0 Å². The van der Waals surface area contributed by atoms with Crippen molar-refractivity contribution >= 4 is 23.4 Å². The fourth-order valence-electron chi connectivity index (χ4n) is 3.03. The lowest BCUT2D eigenvalue weighted by molar-refractivity contribution is -0.139. The SMILES string of the molecule is COC(=O)C1=C(C(=O)OC)N(c2c(F)cccc2C(=O)c2ccccc2)C=CC=C1. The highest BCUT2D eigenvalue weighted by atomic mass is 19.1. The second kappa shape index (κ2) is 9.00. The molecule has 0 N–H and O–H groups in total. The Kier molecular flexibility index (Phi) is 6.22. The first kappa shape index (κ1) is 20.7. The topological polar surface area (TPSA) is 72.9 Å². The Labute approximate surface area is 172 Å². The maximum atomic E-state index is 15.1. The molecule has 1 heterocycles. The van der Waals surface area contributed by atoms with Crippen molar-refractivity contribution in [1.29, 1.82) is 0 Å². The third kappa shape index (κ3) is 3.91. The summed E-state index contributed by atoms with van der Waals surface area (Å²) in [6, 6.07) is 12.4. The maximum Gasteiger partial charge on any atom is 0.355 e.